The van der Waals surface area contributed by atoms with Crippen LogP contribution in [0.15, 0.2) is 36.5 Å². The lowest BCUT2D eigenvalue weighted by Gasteiger charge is -2.11. The SMILES string of the molecule is C=C(CCOCCOCCCCCCCCNC)Nc1cccc(C)c1. The smallest absolute Gasteiger partial charge is 0.0700 e. The first-order valence-electron chi connectivity index (χ1n) is 10.0. The molecule has 26 heavy (non-hydrogen) atoms. The second kappa shape index (κ2) is 15.9. The topological polar surface area (TPSA) is 42.5 Å². The van der Waals surface area contributed by atoms with Crippen molar-refractivity contribution in [1.82, 2.24) is 5.32 Å². The van der Waals surface area contributed by atoms with E-state index >= 15 is 0 Å². The van der Waals surface area contributed by atoms with Crippen molar-refractivity contribution in [2.24, 2.45) is 0 Å². The van der Waals surface area contributed by atoms with E-state index < -0.39 is 0 Å². The van der Waals surface area contributed by atoms with E-state index in [0.29, 0.717) is 19.8 Å². The summed E-state index contributed by atoms with van der Waals surface area (Å²) in [6.45, 7) is 10.1. The number of nitrogens with one attached hydrogen (secondary N) is 2. The van der Waals surface area contributed by atoms with Crippen LogP contribution in [0.25, 0.3) is 0 Å². The van der Waals surface area contributed by atoms with Gasteiger partial charge < -0.3 is 20.1 Å². The van der Waals surface area contributed by atoms with Crippen molar-refractivity contribution in [2.45, 2.75) is 51.9 Å². The van der Waals surface area contributed by atoms with Crippen molar-refractivity contribution in [2.75, 3.05) is 45.3 Å². The third kappa shape index (κ3) is 12.9. The molecule has 0 aromatic heterocycles. The van der Waals surface area contributed by atoms with Crippen LogP contribution in [0.4, 0.5) is 5.69 Å². The lowest BCUT2D eigenvalue weighted by molar-refractivity contribution is 0.0475. The van der Waals surface area contributed by atoms with E-state index in [9.17, 15) is 0 Å². The molecule has 0 aliphatic heterocycles. The summed E-state index contributed by atoms with van der Waals surface area (Å²) in [5.74, 6) is 0. The fourth-order valence-corrected chi connectivity index (χ4v) is 2.72. The molecule has 1 aromatic rings. The van der Waals surface area contributed by atoms with Crippen LogP contribution in [0, 0.1) is 6.92 Å². The number of aryl methyl sites for hydroxylation is 1. The van der Waals surface area contributed by atoms with Crippen molar-refractivity contribution in [3.8, 4) is 0 Å². The maximum atomic E-state index is 5.62. The van der Waals surface area contributed by atoms with E-state index in [1.54, 1.807) is 0 Å². The molecule has 0 atom stereocenters. The standard InChI is InChI=1S/C22H38N2O2/c1-20-11-10-12-22(19-20)24-21(2)13-16-26-18-17-25-15-9-7-5-4-6-8-14-23-3/h10-12,19,23-24H,2,4-9,13-18H2,1,3H3. The first-order chi connectivity index (χ1) is 12.7. The highest BCUT2D eigenvalue weighted by Gasteiger charge is 1.98. The molecule has 4 heteroatoms. The highest BCUT2D eigenvalue weighted by atomic mass is 16.5. The summed E-state index contributed by atoms with van der Waals surface area (Å²) in [4.78, 5) is 0. The van der Waals surface area contributed by atoms with Crippen LogP contribution in [0.2, 0.25) is 0 Å². The van der Waals surface area contributed by atoms with E-state index in [0.717, 1.165) is 37.4 Å². The molecule has 0 bridgehead atoms. The Morgan fingerprint density at radius 3 is 2.35 bits per heavy atom. The van der Waals surface area contributed by atoms with Gasteiger partial charge in [-0.15, -0.1) is 0 Å². The van der Waals surface area contributed by atoms with Gasteiger partial charge in [0.15, 0.2) is 0 Å². The molecule has 1 aromatic carbocycles. The Balaban J connectivity index is 1.84. The average molecular weight is 363 g/mol. The lowest BCUT2D eigenvalue weighted by Crippen LogP contribution is -2.08. The van der Waals surface area contributed by atoms with Crippen LogP contribution < -0.4 is 10.6 Å². The minimum absolute atomic E-state index is 0.655. The van der Waals surface area contributed by atoms with Gasteiger partial charge in [0.1, 0.15) is 0 Å². The summed E-state index contributed by atoms with van der Waals surface area (Å²) in [6.07, 6.45) is 8.51. The van der Waals surface area contributed by atoms with E-state index in [-0.39, 0.29) is 0 Å². The van der Waals surface area contributed by atoms with Gasteiger partial charge in [-0.1, -0.05) is 44.4 Å². The van der Waals surface area contributed by atoms with E-state index in [1.165, 1.54) is 37.7 Å². The van der Waals surface area contributed by atoms with Crippen LogP contribution in [0.3, 0.4) is 0 Å². The number of anilines is 1. The van der Waals surface area contributed by atoms with Gasteiger partial charge in [0.05, 0.1) is 19.8 Å². The van der Waals surface area contributed by atoms with Crippen LogP contribution in [-0.2, 0) is 9.47 Å². The zero-order valence-electron chi connectivity index (χ0n) is 16.8. The average Bonchev–Trinajstić information content (AvgIpc) is 2.62. The Labute approximate surface area is 160 Å². The summed E-state index contributed by atoms with van der Waals surface area (Å²) in [5.41, 5.74) is 3.30. The normalized spacial score (nSPS) is 10.8. The summed E-state index contributed by atoms with van der Waals surface area (Å²) < 4.78 is 11.2. The van der Waals surface area contributed by atoms with E-state index in [1.807, 2.05) is 13.1 Å². The monoisotopic (exact) mass is 362 g/mol. The van der Waals surface area contributed by atoms with Gasteiger partial charge in [0.2, 0.25) is 0 Å². The molecule has 0 fully saturated rings. The van der Waals surface area contributed by atoms with Crippen LogP contribution in [0.5, 0.6) is 0 Å². The minimum atomic E-state index is 0.655. The third-order valence-corrected chi connectivity index (χ3v) is 4.22. The summed E-state index contributed by atoms with van der Waals surface area (Å²) in [6, 6.07) is 8.29. The van der Waals surface area contributed by atoms with Crippen molar-refractivity contribution >= 4 is 5.69 Å². The van der Waals surface area contributed by atoms with Gasteiger partial charge in [-0.25, -0.2) is 0 Å². The Morgan fingerprint density at radius 1 is 0.923 bits per heavy atom. The second-order valence-electron chi connectivity index (χ2n) is 6.80. The largest absolute Gasteiger partial charge is 0.379 e. The molecule has 0 amide bonds. The lowest BCUT2D eigenvalue weighted by atomic mass is 10.1. The highest BCUT2D eigenvalue weighted by molar-refractivity contribution is 5.49. The quantitative estimate of drug-likeness (QED) is 0.387. The molecule has 0 heterocycles. The molecule has 148 valence electrons. The van der Waals surface area contributed by atoms with Crippen LogP contribution in [0.1, 0.15) is 50.5 Å². The Morgan fingerprint density at radius 2 is 1.62 bits per heavy atom. The first-order valence-corrected chi connectivity index (χ1v) is 10.0. The summed E-state index contributed by atoms with van der Waals surface area (Å²) in [5, 5.41) is 6.51. The van der Waals surface area contributed by atoms with E-state index in [2.05, 4.69) is 42.3 Å². The molecule has 0 saturated heterocycles. The van der Waals surface area contributed by atoms with Gasteiger partial charge in [-0.3, -0.25) is 0 Å². The maximum absolute atomic E-state index is 5.62. The molecule has 0 aliphatic rings. The van der Waals surface area contributed by atoms with Gasteiger partial charge in [0, 0.05) is 24.4 Å². The van der Waals surface area contributed by atoms with Crippen molar-refractivity contribution in [3.05, 3.63) is 42.1 Å². The molecule has 0 spiro atoms. The molecular weight excluding hydrogens is 324 g/mol. The fraction of sp³-hybridized carbons (Fsp3) is 0.636. The number of ether oxygens (including phenoxy) is 2. The van der Waals surface area contributed by atoms with E-state index in [4.69, 9.17) is 9.47 Å². The van der Waals surface area contributed by atoms with Crippen LogP contribution >= 0.6 is 0 Å². The predicted molar refractivity (Wildman–Crippen MR) is 112 cm³/mol. The Kier molecular flexibility index (Phi) is 13.8. The molecule has 0 radical (unpaired) electrons. The molecule has 4 nitrogen and oxygen atoms in total. The number of rotatable bonds is 17. The Bertz CT molecular complexity index is 477. The van der Waals surface area contributed by atoms with Crippen molar-refractivity contribution in [1.29, 1.82) is 0 Å². The molecule has 1 rings (SSSR count). The van der Waals surface area contributed by atoms with Crippen molar-refractivity contribution < 1.29 is 9.47 Å². The zero-order valence-corrected chi connectivity index (χ0v) is 16.8. The third-order valence-electron chi connectivity index (χ3n) is 4.22. The maximum Gasteiger partial charge on any atom is 0.0700 e. The van der Waals surface area contributed by atoms with Gasteiger partial charge in [-0.2, -0.15) is 0 Å². The number of benzene rings is 1. The van der Waals surface area contributed by atoms with Gasteiger partial charge in [0.25, 0.3) is 0 Å². The minimum Gasteiger partial charge on any atom is -0.379 e. The molecule has 2 N–H and O–H groups in total. The van der Waals surface area contributed by atoms with Crippen molar-refractivity contribution in [3.63, 3.8) is 0 Å². The fourth-order valence-electron chi connectivity index (χ4n) is 2.72. The predicted octanol–water partition coefficient (Wildman–Crippen LogP) is 4.90. The molecular formula is C22H38N2O2. The number of unbranched alkanes of at least 4 members (excludes halogenated alkanes) is 5. The number of hydrogen-bond acceptors (Lipinski definition) is 4. The summed E-state index contributed by atoms with van der Waals surface area (Å²) in [7, 11) is 2.01. The van der Waals surface area contributed by atoms with Gasteiger partial charge in [-0.05, 0) is 51.1 Å². The number of hydrogen-bond donors (Lipinski definition) is 2. The summed E-state index contributed by atoms with van der Waals surface area (Å²) >= 11 is 0. The van der Waals surface area contributed by atoms with Crippen LogP contribution in [-0.4, -0.2) is 40.0 Å². The van der Waals surface area contributed by atoms with Gasteiger partial charge >= 0.3 is 0 Å². The highest BCUT2D eigenvalue weighted by Crippen LogP contribution is 2.13. The Hall–Kier alpha value is -1.36. The molecule has 0 aliphatic carbocycles. The first kappa shape index (κ1) is 22.7. The molecule has 0 saturated carbocycles. The zero-order chi connectivity index (χ0) is 18.9. The second-order valence-corrected chi connectivity index (χ2v) is 6.80. The molecule has 0 unspecified atom stereocenters.